The maximum absolute atomic E-state index is 5.22. The van der Waals surface area contributed by atoms with Crippen LogP contribution in [0.1, 0.15) is 0 Å². The number of nitrogens with zero attached hydrogens (tertiary/aromatic N) is 1. The highest BCUT2D eigenvalue weighted by Crippen LogP contribution is 2.32. The molecule has 3 rings (SSSR count). The number of aromatic nitrogens is 2. The lowest BCUT2D eigenvalue weighted by Gasteiger charge is -2.04. The first-order valence-electron chi connectivity index (χ1n) is 6.65. The van der Waals surface area contributed by atoms with Gasteiger partial charge >= 0.3 is 0 Å². The highest BCUT2D eigenvalue weighted by atomic mass is 32.2. The molecule has 0 spiro atoms. The summed E-state index contributed by atoms with van der Waals surface area (Å²) in [5.41, 5.74) is 4.22. The Hall–Kier alpha value is -2.20. The van der Waals surface area contributed by atoms with Gasteiger partial charge in [0.05, 0.1) is 18.5 Å². The minimum absolute atomic E-state index is 0.851. The Morgan fingerprint density at radius 3 is 2.29 bits per heavy atom. The monoisotopic (exact) mass is 296 g/mol. The molecule has 0 fully saturated rings. The number of hydrogen-bond acceptors (Lipinski definition) is 3. The van der Waals surface area contributed by atoms with Gasteiger partial charge in [0.1, 0.15) is 5.75 Å². The number of hydrogen-bond donors (Lipinski definition) is 1. The molecule has 0 unspecified atom stereocenters. The van der Waals surface area contributed by atoms with Gasteiger partial charge in [-0.2, -0.15) is 0 Å². The lowest BCUT2D eigenvalue weighted by molar-refractivity contribution is 0.415. The minimum atomic E-state index is 0.851. The third-order valence-corrected chi connectivity index (χ3v) is 3.88. The third-order valence-electron chi connectivity index (χ3n) is 3.30. The number of aromatic amines is 1. The van der Waals surface area contributed by atoms with E-state index < -0.39 is 0 Å². The zero-order valence-electron chi connectivity index (χ0n) is 12.0. The standard InChI is InChI=1S/C17H16N2OS/c1-20-14-10-8-13(9-11-14)16-15(18-17(19-16)21-2)12-6-4-3-5-7-12/h3-11H,1-2H3,(H,18,19). The Morgan fingerprint density at radius 1 is 0.952 bits per heavy atom. The molecule has 106 valence electrons. The maximum Gasteiger partial charge on any atom is 0.166 e. The van der Waals surface area contributed by atoms with Crippen molar-refractivity contribution in [3.63, 3.8) is 0 Å². The van der Waals surface area contributed by atoms with Crippen molar-refractivity contribution in [2.75, 3.05) is 13.4 Å². The van der Waals surface area contributed by atoms with Crippen LogP contribution < -0.4 is 4.74 Å². The number of benzene rings is 2. The Labute approximate surface area is 128 Å². The number of H-pyrrole nitrogens is 1. The summed E-state index contributed by atoms with van der Waals surface area (Å²) in [5.74, 6) is 0.851. The van der Waals surface area contributed by atoms with Crippen LogP contribution in [0.5, 0.6) is 5.75 Å². The van der Waals surface area contributed by atoms with E-state index in [-0.39, 0.29) is 0 Å². The zero-order chi connectivity index (χ0) is 14.7. The van der Waals surface area contributed by atoms with Crippen LogP contribution in [0.15, 0.2) is 59.8 Å². The fraction of sp³-hybridized carbons (Fsp3) is 0.118. The lowest BCUT2D eigenvalue weighted by Crippen LogP contribution is -1.85. The topological polar surface area (TPSA) is 37.9 Å². The molecule has 1 aromatic heterocycles. The van der Waals surface area contributed by atoms with Crippen LogP contribution >= 0.6 is 11.8 Å². The van der Waals surface area contributed by atoms with Gasteiger partial charge in [-0.05, 0) is 30.5 Å². The van der Waals surface area contributed by atoms with Crippen LogP contribution in [0.4, 0.5) is 0 Å². The summed E-state index contributed by atoms with van der Waals surface area (Å²) in [5, 5.41) is 0.916. The second kappa shape index (κ2) is 6.06. The normalized spacial score (nSPS) is 10.6. The molecular weight excluding hydrogens is 280 g/mol. The van der Waals surface area contributed by atoms with Gasteiger partial charge in [-0.3, -0.25) is 0 Å². The maximum atomic E-state index is 5.22. The fourth-order valence-electron chi connectivity index (χ4n) is 2.22. The van der Waals surface area contributed by atoms with Crippen LogP contribution in [0.2, 0.25) is 0 Å². The van der Waals surface area contributed by atoms with Crippen molar-refractivity contribution in [2.24, 2.45) is 0 Å². The summed E-state index contributed by atoms with van der Waals surface area (Å²) in [6.07, 6.45) is 2.02. The number of nitrogens with one attached hydrogen (secondary N) is 1. The molecule has 1 N–H and O–H groups in total. The Balaban J connectivity index is 2.10. The quantitative estimate of drug-likeness (QED) is 0.722. The van der Waals surface area contributed by atoms with Crippen molar-refractivity contribution in [1.29, 1.82) is 0 Å². The van der Waals surface area contributed by atoms with E-state index in [1.165, 1.54) is 0 Å². The Kier molecular flexibility index (Phi) is 3.97. The second-order valence-corrected chi connectivity index (χ2v) is 5.36. The Bertz CT molecular complexity index is 720. The van der Waals surface area contributed by atoms with E-state index in [1.807, 2.05) is 48.7 Å². The molecule has 1 heterocycles. The summed E-state index contributed by atoms with van der Waals surface area (Å²) in [6.45, 7) is 0. The molecular formula is C17H16N2OS. The summed E-state index contributed by atoms with van der Waals surface area (Å²) >= 11 is 1.61. The van der Waals surface area contributed by atoms with Gasteiger partial charge in [0, 0.05) is 11.1 Å². The molecule has 0 amide bonds. The van der Waals surface area contributed by atoms with E-state index in [9.17, 15) is 0 Å². The fourth-order valence-corrected chi connectivity index (χ4v) is 2.61. The van der Waals surface area contributed by atoms with Crippen LogP contribution in [-0.4, -0.2) is 23.3 Å². The number of rotatable bonds is 4. The van der Waals surface area contributed by atoms with E-state index >= 15 is 0 Å². The highest BCUT2D eigenvalue weighted by Gasteiger charge is 2.13. The van der Waals surface area contributed by atoms with Crippen molar-refractivity contribution in [2.45, 2.75) is 5.16 Å². The van der Waals surface area contributed by atoms with E-state index in [0.717, 1.165) is 33.4 Å². The number of methoxy groups -OCH3 is 1. The molecule has 0 aliphatic heterocycles. The van der Waals surface area contributed by atoms with Gasteiger partial charge in [-0.15, -0.1) is 0 Å². The summed E-state index contributed by atoms with van der Waals surface area (Å²) < 4.78 is 5.22. The van der Waals surface area contributed by atoms with Crippen molar-refractivity contribution >= 4 is 11.8 Å². The van der Waals surface area contributed by atoms with Gasteiger partial charge in [0.15, 0.2) is 5.16 Å². The molecule has 3 nitrogen and oxygen atoms in total. The van der Waals surface area contributed by atoms with Crippen molar-refractivity contribution in [3.8, 4) is 28.3 Å². The predicted octanol–water partition coefficient (Wildman–Crippen LogP) is 4.47. The zero-order valence-corrected chi connectivity index (χ0v) is 12.8. The summed E-state index contributed by atoms with van der Waals surface area (Å²) in [6, 6.07) is 18.2. The van der Waals surface area contributed by atoms with Gasteiger partial charge in [0.25, 0.3) is 0 Å². The summed E-state index contributed by atoms with van der Waals surface area (Å²) in [7, 11) is 1.67. The van der Waals surface area contributed by atoms with Crippen LogP contribution in [0.3, 0.4) is 0 Å². The average Bonchev–Trinajstić information content (AvgIpc) is 3.00. The molecule has 0 bridgehead atoms. The first-order chi connectivity index (χ1) is 10.3. The summed E-state index contributed by atoms with van der Waals surface area (Å²) in [4.78, 5) is 8.09. The molecule has 3 aromatic rings. The first-order valence-corrected chi connectivity index (χ1v) is 7.88. The van der Waals surface area contributed by atoms with E-state index in [4.69, 9.17) is 9.72 Å². The SMILES string of the molecule is COc1ccc(-c2[nH]c(SC)nc2-c2ccccc2)cc1. The predicted molar refractivity (Wildman–Crippen MR) is 87.8 cm³/mol. The minimum Gasteiger partial charge on any atom is -0.497 e. The van der Waals surface area contributed by atoms with Gasteiger partial charge < -0.3 is 9.72 Å². The molecule has 0 atom stereocenters. The lowest BCUT2D eigenvalue weighted by atomic mass is 10.1. The smallest absolute Gasteiger partial charge is 0.166 e. The molecule has 0 saturated carbocycles. The molecule has 0 aliphatic rings. The van der Waals surface area contributed by atoms with Crippen LogP contribution in [0.25, 0.3) is 22.5 Å². The van der Waals surface area contributed by atoms with Crippen LogP contribution in [-0.2, 0) is 0 Å². The number of ether oxygens (including phenoxy) is 1. The van der Waals surface area contributed by atoms with E-state index in [1.54, 1.807) is 18.9 Å². The van der Waals surface area contributed by atoms with Crippen molar-refractivity contribution in [1.82, 2.24) is 9.97 Å². The molecule has 2 aromatic carbocycles. The molecule has 0 aliphatic carbocycles. The van der Waals surface area contributed by atoms with Gasteiger partial charge in [0.2, 0.25) is 0 Å². The first kappa shape index (κ1) is 13.8. The average molecular weight is 296 g/mol. The van der Waals surface area contributed by atoms with E-state index in [2.05, 4.69) is 17.1 Å². The molecule has 4 heteroatoms. The molecule has 0 saturated heterocycles. The Morgan fingerprint density at radius 2 is 1.67 bits per heavy atom. The van der Waals surface area contributed by atoms with E-state index in [0.29, 0.717) is 0 Å². The molecule has 0 radical (unpaired) electrons. The highest BCUT2D eigenvalue weighted by molar-refractivity contribution is 7.98. The second-order valence-electron chi connectivity index (χ2n) is 4.56. The largest absolute Gasteiger partial charge is 0.497 e. The number of imidazole rings is 1. The van der Waals surface area contributed by atoms with Crippen LogP contribution in [0, 0.1) is 0 Å². The van der Waals surface area contributed by atoms with Crippen molar-refractivity contribution < 1.29 is 4.74 Å². The van der Waals surface area contributed by atoms with Gasteiger partial charge in [-0.25, -0.2) is 4.98 Å². The molecule has 21 heavy (non-hydrogen) atoms. The van der Waals surface area contributed by atoms with Gasteiger partial charge in [-0.1, -0.05) is 42.1 Å². The van der Waals surface area contributed by atoms with Crippen molar-refractivity contribution in [3.05, 3.63) is 54.6 Å². The number of thioether (sulfide) groups is 1. The third kappa shape index (κ3) is 2.81.